The summed E-state index contributed by atoms with van der Waals surface area (Å²) < 4.78 is 28.8. The maximum Gasteiger partial charge on any atom is 0.245 e. The first kappa shape index (κ1) is 17.3. The van der Waals surface area contributed by atoms with Crippen LogP contribution in [-0.2, 0) is 15.6 Å². The van der Waals surface area contributed by atoms with Gasteiger partial charge in [-0.1, -0.05) is 41.9 Å². The molecule has 0 aliphatic heterocycles. The third kappa shape index (κ3) is 2.84. The molecule has 3 aromatic rings. The molecule has 1 aromatic heterocycles. The molecule has 1 fully saturated rings. The number of sulfonamides is 1. The lowest BCUT2D eigenvalue weighted by molar-refractivity contribution is 0.461. The van der Waals surface area contributed by atoms with Gasteiger partial charge in [0.1, 0.15) is 10.4 Å². The second kappa shape index (κ2) is 5.94. The predicted molar refractivity (Wildman–Crippen MR) is 101 cm³/mol. The largest absolute Gasteiger partial charge is 0.504 e. The van der Waals surface area contributed by atoms with Crippen LogP contribution in [0.15, 0.2) is 53.4 Å². The van der Waals surface area contributed by atoms with Crippen molar-refractivity contribution in [3.05, 3.63) is 64.8 Å². The topological polar surface area (TPSA) is 79.3 Å². The smallest absolute Gasteiger partial charge is 0.245 e. The summed E-state index contributed by atoms with van der Waals surface area (Å²) >= 11 is 6.25. The van der Waals surface area contributed by atoms with Gasteiger partial charge in [-0.3, -0.25) is 0 Å². The lowest BCUT2D eigenvalue weighted by Crippen LogP contribution is -2.34. The highest BCUT2D eigenvalue weighted by Gasteiger charge is 2.48. The highest BCUT2D eigenvalue weighted by molar-refractivity contribution is 7.89. The summed E-state index contributed by atoms with van der Waals surface area (Å²) in [7, 11) is -3.99. The van der Waals surface area contributed by atoms with Gasteiger partial charge in [-0.05, 0) is 43.5 Å². The van der Waals surface area contributed by atoms with Crippen molar-refractivity contribution < 1.29 is 13.5 Å². The molecule has 4 rings (SSSR count). The van der Waals surface area contributed by atoms with E-state index in [4.69, 9.17) is 11.6 Å². The van der Waals surface area contributed by atoms with Crippen molar-refractivity contribution in [2.45, 2.75) is 30.2 Å². The van der Waals surface area contributed by atoms with Crippen LogP contribution >= 0.6 is 11.6 Å². The number of hydrogen-bond donors (Lipinski definition) is 2. The van der Waals surface area contributed by atoms with Crippen LogP contribution < -0.4 is 4.72 Å². The minimum absolute atomic E-state index is 0.183. The van der Waals surface area contributed by atoms with Crippen LogP contribution in [0.2, 0.25) is 5.02 Å². The van der Waals surface area contributed by atoms with Crippen LogP contribution in [0, 0.1) is 6.92 Å². The summed E-state index contributed by atoms with van der Waals surface area (Å²) in [5.41, 5.74) is 1.12. The molecule has 134 valence electrons. The van der Waals surface area contributed by atoms with Gasteiger partial charge in [0, 0.05) is 11.1 Å². The van der Waals surface area contributed by atoms with Gasteiger partial charge in [-0.2, -0.15) is 0 Å². The van der Waals surface area contributed by atoms with E-state index in [1.165, 1.54) is 6.07 Å². The Labute approximate surface area is 156 Å². The standard InChI is InChI=1S/C19H17ClN2O3S/c1-12-7-8-14-15(20)11-16(18(23)17(14)21-12)26(24,25)22-19(9-10-19)13-5-3-2-4-6-13/h2-8,11,22-23H,9-10H2,1H3. The van der Waals surface area contributed by atoms with Crippen LogP contribution in [-0.4, -0.2) is 18.5 Å². The van der Waals surface area contributed by atoms with E-state index >= 15 is 0 Å². The molecule has 0 radical (unpaired) electrons. The van der Waals surface area contributed by atoms with Crippen molar-refractivity contribution in [1.82, 2.24) is 9.71 Å². The maximum atomic E-state index is 13.0. The molecule has 5 nitrogen and oxygen atoms in total. The first-order chi connectivity index (χ1) is 12.3. The Morgan fingerprint density at radius 3 is 2.50 bits per heavy atom. The number of benzene rings is 2. The molecule has 7 heteroatoms. The summed E-state index contributed by atoms with van der Waals surface area (Å²) in [4.78, 5) is 4.00. The van der Waals surface area contributed by atoms with Gasteiger partial charge in [-0.15, -0.1) is 0 Å². The Hall–Kier alpha value is -2.15. The lowest BCUT2D eigenvalue weighted by Gasteiger charge is -2.19. The van der Waals surface area contributed by atoms with E-state index in [9.17, 15) is 13.5 Å². The van der Waals surface area contributed by atoms with Crippen LogP contribution in [0.4, 0.5) is 0 Å². The zero-order valence-electron chi connectivity index (χ0n) is 14.0. The molecular weight excluding hydrogens is 372 g/mol. The monoisotopic (exact) mass is 388 g/mol. The fourth-order valence-corrected chi connectivity index (χ4v) is 5.05. The quantitative estimate of drug-likeness (QED) is 0.711. The van der Waals surface area contributed by atoms with Crippen molar-refractivity contribution in [3.8, 4) is 5.75 Å². The van der Waals surface area contributed by atoms with Gasteiger partial charge in [0.15, 0.2) is 5.75 Å². The molecule has 0 saturated heterocycles. The van der Waals surface area contributed by atoms with Crippen LogP contribution in [0.25, 0.3) is 10.9 Å². The average Bonchev–Trinajstić information content (AvgIpc) is 3.38. The van der Waals surface area contributed by atoms with Crippen molar-refractivity contribution in [3.63, 3.8) is 0 Å². The molecular formula is C19H17ClN2O3S. The first-order valence-electron chi connectivity index (χ1n) is 8.21. The molecule has 2 N–H and O–H groups in total. The molecule has 0 spiro atoms. The number of fused-ring (bicyclic) bond motifs is 1. The second-order valence-electron chi connectivity index (χ2n) is 6.61. The molecule has 0 bridgehead atoms. The molecule has 0 unspecified atom stereocenters. The lowest BCUT2D eigenvalue weighted by atomic mass is 10.1. The maximum absolute atomic E-state index is 13.0. The number of rotatable bonds is 4. The molecule has 1 aliphatic carbocycles. The minimum atomic E-state index is -3.99. The highest BCUT2D eigenvalue weighted by Crippen LogP contribution is 2.47. The van der Waals surface area contributed by atoms with Gasteiger partial charge in [0.25, 0.3) is 0 Å². The summed E-state index contributed by atoms with van der Waals surface area (Å²) in [5.74, 6) is -0.385. The Kier molecular flexibility index (Phi) is 3.95. The Morgan fingerprint density at radius 2 is 1.85 bits per heavy atom. The zero-order chi connectivity index (χ0) is 18.5. The molecule has 2 aromatic carbocycles. The van der Waals surface area contributed by atoms with Crippen molar-refractivity contribution in [2.75, 3.05) is 0 Å². The number of nitrogens with zero attached hydrogens (tertiary/aromatic N) is 1. The van der Waals surface area contributed by atoms with E-state index in [0.29, 0.717) is 23.9 Å². The van der Waals surface area contributed by atoms with E-state index in [-0.39, 0.29) is 21.2 Å². The number of halogens is 1. The normalized spacial score (nSPS) is 15.9. The number of phenolic OH excluding ortho intramolecular Hbond substituents is 1. The Morgan fingerprint density at radius 1 is 1.15 bits per heavy atom. The summed E-state index contributed by atoms with van der Waals surface area (Å²) in [6.45, 7) is 1.76. The van der Waals surface area contributed by atoms with Gasteiger partial charge in [-0.25, -0.2) is 18.1 Å². The number of pyridine rings is 1. The zero-order valence-corrected chi connectivity index (χ0v) is 15.6. The minimum Gasteiger partial charge on any atom is -0.504 e. The van der Waals surface area contributed by atoms with E-state index in [2.05, 4.69) is 9.71 Å². The van der Waals surface area contributed by atoms with E-state index in [0.717, 1.165) is 5.56 Å². The van der Waals surface area contributed by atoms with E-state index in [1.807, 2.05) is 30.3 Å². The third-order valence-electron chi connectivity index (χ3n) is 4.70. The molecule has 0 atom stereocenters. The average molecular weight is 389 g/mol. The molecule has 1 aliphatic rings. The van der Waals surface area contributed by atoms with Crippen molar-refractivity contribution in [1.29, 1.82) is 0 Å². The fourth-order valence-electron chi connectivity index (χ4n) is 3.16. The van der Waals surface area contributed by atoms with Crippen LogP contribution in [0.1, 0.15) is 24.1 Å². The van der Waals surface area contributed by atoms with Gasteiger partial charge >= 0.3 is 0 Å². The third-order valence-corrected chi connectivity index (χ3v) is 6.57. The van der Waals surface area contributed by atoms with E-state index < -0.39 is 15.6 Å². The summed E-state index contributed by atoms with van der Waals surface area (Å²) in [6.07, 6.45) is 1.41. The van der Waals surface area contributed by atoms with Crippen molar-refractivity contribution in [2.24, 2.45) is 0 Å². The number of aromatic hydroxyl groups is 1. The molecule has 0 amide bonds. The van der Waals surface area contributed by atoms with E-state index in [1.54, 1.807) is 19.1 Å². The van der Waals surface area contributed by atoms with Crippen molar-refractivity contribution >= 4 is 32.5 Å². The van der Waals surface area contributed by atoms with Crippen LogP contribution in [0.3, 0.4) is 0 Å². The number of hydrogen-bond acceptors (Lipinski definition) is 4. The first-order valence-corrected chi connectivity index (χ1v) is 10.1. The number of aromatic nitrogens is 1. The SMILES string of the molecule is Cc1ccc2c(Cl)cc(S(=O)(=O)NC3(c4ccccc4)CC3)c(O)c2n1. The Balaban J connectivity index is 1.81. The Bertz CT molecular complexity index is 1110. The van der Waals surface area contributed by atoms with Gasteiger partial charge < -0.3 is 5.11 Å². The molecule has 1 heterocycles. The van der Waals surface area contributed by atoms with Crippen LogP contribution in [0.5, 0.6) is 5.75 Å². The fraction of sp³-hybridized carbons (Fsp3) is 0.211. The van der Waals surface area contributed by atoms with Gasteiger partial charge in [0.05, 0.1) is 10.6 Å². The second-order valence-corrected chi connectivity index (χ2v) is 8.67. The molecule has 1 saturated carbocycles. The number of nitrogens with one attached hydrogen (secondary N) is 1. The summed E-state index contributed by atoms with van der Waals surface area (Å²) in [5, 5.41) is 11.3. The molecule has 26 heavy (non-hydrogen) atoms. The van der Waals surface area contributed by atoms with Gasteiger partial charge in [0.2, 0.25) is 10.0 Å². The number of aryl methyl sites for hydroxylation is 1. The highest BCUT2D eigenvalue weighted by atomic mass is 35.5. The predicted octanol–water partition coefficient (Wildman–Crippen LogP) is 3.87. The summed E-state index contributed by atoms with van der Waals surface area (Å²) in [6, 6.07) is 14.2. The number of phenols is 1.